The van der Waals surface area contributed by atoms with Gasteiger partial charge in [0.1, 0.15) is 0 Å². The Labute approximate surface area is 301 Å². The first kappa shape index (κ1) is 48.4. The molecule has 0 aliphatic carbocycles. The van der Waals surface area contributed by atoms with Crippen LogP contribution in [0.2, 0.25) is 0 Å². The molecule has 0 aromatic rings. The molecule has 0 heterocycles. The Morgan fingerprint density at radius 1 is 0.306 bits per heavy atom. The van der Waals surface area contributed by atoms with Gasteiger partial charge < -0.3 is 65.1 Å². The van der Waals surface area contributed by atoms with E-state index in [1.165, 1.54) is 0 Å². The lowest BCUT2D eigenvalue weighted by Gasteiger charge is -2.30. The zero-order valence-electron chi connectivity index (χ0n) is 32.3. The molecule has 0 fully saturated rings. The zero-order chi connectivity index (χ0) is 36.0. The summed E-state index contributed by atoms with van der Waals surface area (Å²) in [4.78, 5) is 12.4. The second kappa shape index (κ2) is 38.6. The topological polar surface area (TPSA) is 204 Å². The average molecular weight is 705 g/mol. The van der Waals surface area contributed by atoms with Gasteiger partial charge in [-0.15, -0.1) is 0 Å². The molecule has 0 radical (unpaired) electrons. The smallest absolute Gasteiger partial charge is 0.0110 e. The molecule has 0 aromatic carbocycles. The predicted octanol–water partition coefficient (Wildman–Crippen LogP) is -5.65. The summed E-state index contributed by atoms with van der Waals surface area (Å²) in [7, 11) is 6.21. The highest BCUT2D eigenvalue weighted by atomic mass is 15.2. The van der Waals surface area contributed by atoms with Crippen molar-refractivity contribution in [2.45, 2.75) is 0 Å². The summed E-state index contributed by atoms with van der Waals surface area (Å²) < 4.78 is 0. The van der Waals surface area contributed by atoms with E-state index in [0.29, 0.717) is 26.2 Å². The van der Waals surface area contributed by atoms with Crippen LogP contribution < -0.4 is 60.2 Å². The van der Waals surface area contributed by atoms with E-state index < -0.39 is 0 Å². The second-order valence-electron chi connectivity index (χ2n) is 12.8. The minimum atomic E-state index is 0.672. The maximum atomic E-state index is 6.01. The van der Waals surface area contributed by atoms with Crippen LogP contribution in [0, 0.1) is 0 Å². The first-order valence-corrected chi connectivity index (χ1v) is 19.3. The number of rotatable bonds is 41. The van der Waals surface area contributed by atoms with Crippen molar-refractivity contribution in [1.82, 2.24) is 61.7 Å². The van der Waals surface area contributed by atoms with Gasteiger partial charge in [-0.05, 0) is 21.1 Å². The highest BCUT2D eigenvalue weighted by Gasteiger charge is 2.12. The molecule has 0 amide bonds. The van der Waals surface area contributed by atoms with Gasteiger partial charge in [0.2, 0.25) is 0 Å². The molecule has 0 unspecified atom stereocenters. The fourth-order valence-corrected chi connectivity index (χ4v) is 5.42. The van der Waals surface area contributed by atoms with Crippen LogP contribution in [0.1, 0.15) is 0 Å². The molecule has 0 spiro atoms. The second-order valence-corrected chi connectivity index (χ2v) is 12.8. The molecule has 0 aliphatic heterocycles. The lowest BCUT2D eigenvalue weighted by molar-refractivity contribution is 0.180. The summed E-state index contributed by atoms with van der Waals surface area (Å²) in [5.74, 6) is 0. The summed E-state index contributed by atoms with van der Waals surface area (Å²) in [6, 6.07) is 0. The summed E-state index contributed by atoms with van der Waals surface area (Å²) in [6.07, 6.45) is 0. The largest absolute Gasteiger partial charge is 0.329 e. The van der Waals surface area contributed by atoms with Crippen LogP contribution in [0.25, 0.3) is 0 Å². The number of likely N-dealkylation sites (N-methyl/N-ethyl adjacent to an activating group) is 3. The zero-order valence-corrected chi connectivity index (χ0v) is 32.3. The maximum Gasteiger partial charge on any atom is 0.0110 e. The van der Waals surface area contributed by atoms with Crippen molar-refractivity contribution in [3.8, 4) is 0 Å². The summed E-state index contributed by atoms with van der Waals surface area (Å²) >= 11 is 0. The van der Waals surface area contributed by atoms with Crippen molar-refractivity contribution in [2.24, 2.45) is 22.9 Å². The Hall–Kier alpha value is -0.640. The van der Waals surface area contributed by atoms with E-state index in [4.69, 9.17) is 22.9 Å². The lowest BCUT2D eigenvalue weighted by Crippen LogP contribution is -2.46. The van der Waals surface area contributed by atoms with Crippen LogP contribution in [0.4, 0.5) is 0 Å². The van der Waals surface area contributed by atoms with Gasteiger partial charge in [0.05, 0.1) is 0 Å². The number of hydrogen-bond donors (Lipinski definition) is 11. The summed E-state index contributed by atoms with van der Waals surface area (Å²) in [5.41, 5.74) is 23.4. The predicted molar refractivity (Wildman–Crippen MR) is 212 cm³/mol. The molecular weight excluding hydrogens is 620 g/mol. The normalized spacial score (nSPS) is 12.2. The van der Waals surface area contributed by atoms with Crippen molar-refractivity contribution < 1.29 is 0 Å². The van der Waals surface area contributed by atoms with Gasteiger partial charge in [-0.25, -0.2) is 0 Å². The molecule has 296 valence electrons. The first-order chi connectivity index (χ1) is 24.0. The van der Waals surface area contributed by atoms with Crippen molar-refractivity contribution in [3.05, 3.63) is 0 Å². The van der Waals surface area contributed by atoms with E-state index >= 15 is 0 Å². The Kier molecular flexibility index (Phi) is 38.1. The Balaban J connectivity index is 4.63. The molecule has 16 heteroatoms. The fraction of sp³-hybridized carbons (Fsp3) is 1.00. The number of nitrogens with two attached hydrogens (primary N) is 4. The Morgan fingerprint density at radius 2 is 0.633 bits per heavy atom. The number of hydrogen-bond acceptors (Lipinski definition) is 16. The first-order valence-electron chi connectivity index (χ1n) is 19.3. The van der Waals surface area contributed by atoms with Crippen molar-refractivity contribution >= 4 is 0 Å². The Bertz CT molecular complexity index is 638. The molecule has 0 saturated heterocycles. The molecule has 0 bridgehead atoms. The van der Waals surface area contributed by atoms with Gasteiger partial charge in [0.15, 0.2) is 0 Å². The van der Waals surface area contributed by atoms with Gasteiger partial charge in [-0.3, -0.25) is 19.6 Å². The van der Waals surface area contributed by atoms with Gasteiger partial charge in [-0.2, -0.15) is 0 Å². The maximum absolute atomic E-state index is 6.01. The number of nitrogens with one attached hydrogen (secondary N) is 7. The van der Waals surface area contributed by atoms with Crippen LogP contribution in [0.3, 0.4) is 0 Å². The van der Waals surface area contributed by atoms with Gasteiger partial charge in [-0.1, -0.05) is 0 Å². The summed E-state index contributed by atoms with van der Waals surface area (Å²) in [5, 5.41) is 24.1. The SMILES string of the molecule is CNCCNCCNCCN(CCNCCN(CCN)CCN(CCN)CCN(CCN)CCNC)CCN(C)CCNCCNCCN. The van der Waals surface area contributed by atoms with E-state index in [9.17, 15) is 0 Å². The van der Waals surface area contributed by atoms with Crippen LogP contribution in [-0.4, -0.2) is 242 Å². The third-order valence-electron chi connectivity index (χ3n) is 8.59. The third kappa shape index (κ3) is 33.0. The summed E-state index contributed by atoms with van der Waals surface area (Å²) in [6.45, 7) is 28.4. The van der Waals surface area contributed by atoms with Crippen LogP contribution >= 0.6 is 0 Å². The van der Waals surface area contributed by atoms with Crippen LogP contribution in [0.15, 0.2) is 0 Å². The van der Waals surface area contributed by atoms with Crippen molar-refractivity contribution in [2.75, 3.05) is 217 Å². The standard InChI is InChI=1S/C33H84N16/c1-38-9-10-41-12-14-43-17-26-49(29-28-45(3)23-16-42-13-11-40-8-4-34)27-19-44-18-25-47(21-6-36)31-33-48(22-7-37)32-30-46(20-5-35)24-15-39-2/h38-44H,4-37H2,1-3H3. The van der Waals surface area contributed by atoms with E-state index in [1.54, 1.807) is 0 Å². The van der Waals surface area contributed by atoms with E-state index in [2.05, 4.69) is 68.8 Å². The van der Waals surface area contributed by atoms with Crippen molar-refractivity contribution in [3.63, 3.8) is 0 Å². The third-order valence-corrected chi connectivity index (χ3v) is 8.59. The molecule has 49 heavy (non-hydrogen) atoms. The van der Waals surface area contributed by atoms with Gasteiger partial charge in [0.25, 0.3) is 0 Å². The Morgan fingerprint density at radius 3 is 1.08 bits per heavy atom. The monoisotopic (exact) mass is 705 g/mol. The van der Waals surface area contributed by atoms with Crippen LogP contribution in [-0.2, 0) is 0 Å². The molecule has 15 N–H and O–H groups in total. The van der Waals surface area contributed by atoms with Gasteiger partial charge >= 0.3 is 0 Å². The molecule has 0 aliphatic rings. The van der Waals surface area contributed by atoms with E-state index in [-0.39, 0.29) is 0 Å². The molecule has 0 rings (SSSR count). The molecule has 16 nitrogen and oxygen atoms in total. The van der Waals surface area contributed by atoms with Crippen LogP contribution in [0.5, 0.6) is 0 Å². The molecular formula is C33H84N16. The van der Waals surface area contributed by atoms with E-state index in [0.717, 1.165) is 170 Å². The minimum absolute atomic E-state index is 0.672. The molecule has 0 atom stereocenters. The van der Waals surface area contributed by atoms with Gasteiger partial charge in [0, 0.05) is 196 Å². The molecule has 0 saturated carbocycles. The molecule has 0 aromatic heterocycles. The highest BCUT2D eigenvalue weighted by molar-refractivity contribution is 4.70. The van der Waals surface area contributed by atoms with Crippen molar-refractivity contribution in [1.29, 1.82) is 0 Å². The average Bonchev–Trinajstić information content (AvgIpc) is 3.10. The minimum Gasteiger partial charge on any atom is -0.329 e. The highest BCUT2D eigenvalue weighted by Crippen LogP contribution is 1.96. The quantitative estimate of drug-likeness (QED) is 0.0269. The van der Waals surface area contributed by atoms with E-state index in [1.807, 2.05) is 14.1 Å². The lowest BCUT2D eigenvalue weighted by atomic mass is 10.3. The fourth-order valence-electron chi connectivity index (χ4n) is 5.42. The number of nitrogens with zero attached hydrogens (tertiary/aromatic N) is 5.